The average Bonchev–Trinajstić information content (AvgIpc) is 2.80. The third-order valence-corrected chi connectivity index (χ3v) is 5.79. The Morgan fingerprint density at radius 3 is 1.97 bits per heavy atom. The van der Waals surface area contributed by atoms with E-state index < -0.39 is 40.6 Å². The number of halogens is 1. The summed E-state index contributed by atoms with van der Waals surface area (Å²) >= 11 is 3.41. The van der Waals surface area contributed by atoms with Gasteiger partial charge in [-0.25, -0.2) is 19.2 Å². The Bertz CT molecular complexity index is 1130. The van der Waals surface area contributed by atoms with E-state index in [-0.39, 0.29) is 11.3 Å². The summed E-state index contributed by atoms with van der Waals surface area (Å²) in [5.41, 5.74) is -1.59. The van der Waals surface area contributed by atoms with E-state index in [9.17, 15) is 19.2 Å². The molecule has 0 radical (unpaired) electrons. The van der Waals surface area contributed by atoms with Gasteiger partial charge in [-0.3, -0.25) is 0 Å². The van der Waals surface area contributed by atoms with Gasteiger partial charge in [0.05, 0.1) is 45.1 Å². The Hall–Kier alpha value is -3.40. The van der Waals surface area contributed by atoms with Crippen molar-refractivity contribution in [1.29, 1.82) is 0 Å². The van der Waals surface area contributed by atoms with Crippen LogP contribution >= 0.6 is 15.9 Å². The van der Waals surface area contributed by atoms with E-state index in [0.29, 0.717) is 11.3 Å². The topological polar surface area (TPSA) is 108 Å². The summed E-state index contributed by atoms with van der Waals surface area (Å²) in [6.07, 6.45) is 3.38. The number of fused-ring (bicyclic) bond motifs is 3. The summed E-state index contributed by atoms with van der Waals surface area (Å²) < 4.78 is 20.4. The van der Waals surface area contributed by atoms with E-state index in [4.69, 9.17) is 18.9 Å². The molecule has 0 aliphatic carbocycles. The Balaban J connectivity index is 2.57. The largest absolute Gasteiger partial charge is 0.466 e. The van der Waals surface area contributed by atoms with Crippen molar-refractivity contribution in [2.75, 3.05) is 33.3 Å². The van der Waals surface area contributed by atoms with E-state index in [1.807, 2.05) is 0 Å². The smallest absolute Gasteiger partial charge is 0.355 e. The molecule has 2 heterocycles. The molecule has 0 saturated carbocycles. The Labute approximate surface area is 192 Å². The van der Waals surface area contributed by atoms with Gasteiger partial charge < -0.3 is 23.8 Å². The van der Waals surface area contributed by atoms with Gasteiger partial charge in [0.15, 0.2) is 0 Å². The lowest BCUT2D eigenvalue weighted by Gasteiger charge is -2.48. The van der Waals surface area contributed by atoms with Gasteiger partial charge >= 0.3 is 23.9 Å². The Kier molecular flexibility index (Phi) is 6.27. The SMILES string of the molecule is COC(=O)C1=C(C(=O)OC)N2c3ccc(Br)cc3C=CC2(C)C(C(=O)OC)=C1C(=O)OC. The van der Waals surface area contributed by atoms with Crippen LogP contribution in [0.1, 0.15) is 12.5 Å². The number of nitrogens with zero attached hydrogens (tertiary/aromatic N) is 1. The molecule has 0 saturated heterocycles. The molecule has 3 rings (SSSR count). The third-order valence-electron chi connectivity index (χ3n) is 5.30. The number of anilines is 1. The molecule has 0 N–H and O–H groups in total. The second kappa shape index (κ2) is 8.62. The van der Waals surface area contributed by atoms with Crippen molar-refractivity contribution >= 4 is 51.6 Å². The number of esters is 4. The molecular weight excluding hydrogens is 486 g/mol. The molecule has 1 aromatic rings. The molecule has 9 nitrogen and oxygen atoms in total. The third kappa shape index (κ3) is 3.40. The molecule has 0 bridgehead atoms. The number of carbonyl (C=O) groups excluding carboxylic acids is 4. The van der Waals surface area contributed by atoms with Crippen LogP contribution in [-0.4, -0.2) is 57.9 Å². The van der Waals surface area contributed by atoms with Crippen LogP contribution in [0.3, 0.4) is 0 Å². The molecule has 0 amide bonds. The maximum atomic E-state index is 13.0. The molecule has 10 heteroatoms. The molecule has 168 valence electrons. The van der Waals surface area contributed by atoms with E-state index in [2.05, 4.69) is 15.9 Å². The normalized spacial score (nSPS) is 19.1. The molecule has 0 aromatic heterocycles. The molecule has 0 fully saturated rings. The first kappa shape index (κ1) is 23.3. The first-order valence-electron chi connectivity index (χ1n) is 9.27. The van der Waals surface area contributed by atoms with Gasteiger partial charge in [-0.05, 0) is 30.7 Å². The highest BCUT2D eigenvalue weighted by Crippen LogP contribution is 2.48. The zero-order valence-electron chi connectivity index (χ0n) is 18.0. The fraction of sp³-hybridized carbons (Fsp3) is 0.273. The summed E-state index contributed by atoms with van der Waals surface area (Å²) in [6, 6.07) is 5.25. The molecule has 1 aromatic carbocycles. The summed E-state index contributed by atoms with van der Waals surface area (Å²) in [5.74, 6) is -3.83. The number of methoxy groups -OCH3 is 4. The molecule has 1 atom stereocenters. The summed E-state index contributed by atoms with van der Waals surface area (Å²) in [6.45, 7) is 1.61. The maximum Gasteiger partial charge on any atom is 0.355 e. The molecule has 1 unspecified atom stereocenters. The second-order valence-electron chi connectivity index (χ2n) is 6.96. The molecule has 2 aliphatic heterocycles. The van der Waals surface area contributed by atoms with Crippen molar-refractivity contribution in [1.82, 2.24) is 0 Å². The van der Waals surface area contributed by atoms with Crippen LogP contribution in [0.2, 0.25) is 0 Å². The van der Waals surface area contributed by atoms with Crippen LogP contribution in [-0.2, 0) is 38.1 Å². The lowest BCUT2D eigenvalue weighted by Crippen LogP contribution is -2.55. The fourth-order valence-corrected chi connectivity index (χ4v) is 4.28. The zero-order chi connectivity index (χ0) is 23.8. The monoisotopic (exact) mass is 505 g/mol. The number of ether oxygens (including phenoxy) is 4. The van der Waals surface area contributed by atoms with E-state index >= 15 is 0 Å². The number of hydrogen-bond acceptors (Lipinski definition) is 9. The van der Waals surface area contributed by atoms with Crippen molar-refractivity contribution < 1.29 is 38.1 Å². The maximum absolute atomic E-state index is 13.0. The fourth-order valence-electron chi connectivity index (χ4n) is 3.90. The van der Waals surface area contributed by atoms with Crippen molar-refractivity contribution in [2.24, 2.45) is 0 Å². The Morgan fingerprint density at radius 1 is 0.844 bits per heavy atom. The highest BCUT2D eigenvalue weighted by molar-refractivity contribution is 9.10. The highest BCUT2D eigenvalue weighted by atomic mass is 79.9. The van der Waals surface area contributed by atoms with Gasteiger partial charge in [-0.15, -0.1) is 0 Å². The number of hydrogen-bond donors (Lipinski definition) is 0. The van der Waals surface area contributed by atoms with E-state index in [1.54, 1.807) is 37.3 Å². The Morgan fingerprint density at radius 2 is 1.41 bits per heavy atom. The van der Waals surface area contributed by atoms with Gasteiger partial charge in [-0.2, -0.15) is 0 Å². The molecular formula is C22H20BrNO8. The molecule has 0 spiro atoms. The summed E-state index contributed by atoms with van der Waals surface area (Å²) in [4.78, 5) is 53.2. The van der Waals surface area contributed by atoms with Gasteiger partial charge in [0.25, 0.3) is 0 Å². The summed E-state index contributed by atoms with van der Waals surface area (Å²) in [5, 5.41) is 0. The van der Waals surface area contributed by atoms with Gasteiger partial charge in [0.2, 0.25) is 0 Å². The number of carbonyl (C=O) groups is 4. The number of benzene rings is 1. The first-order valence-corrected chi connectivity index (χ1v) is 10.1. The van der Waals surface area contributed by atoms with Crippen LogP contribution in [0.15, 0.2) is 51.2 Å². The van der Waals surface area contributed by atoms with E-state index in [1.165, 1.54) is 4.90 Å². The van der Waals surface area contributed by atoms with Crippen LogP contribution in [0, 0.1) is 0 Å². The van der Waals surface area contributed by atoms with Crippen molar-refractivity contribution in [3.05, 3.63) is 56.7 Å². The summed E-state index contributed by atoms with van der Waals surface area (Å²) in [7, 11) is 4.47. The van der Waals surface area contributed by atoms with Gasteiger partial charge in [-0.1, -0.05) is 28.1 Å². The predicted octanol–water partition coefficient (Wildman–Crippen LogP) is 2.30. The average molecular weight is 506 g/mol. The highest BCUT2D eigenvalue weighted by Gasteiger charge is 2.53. The molecule has 2 aliphatic rings. The quantitative estimate of drug-likeness (QED) is 0.449. The van der Waals surface area contributed by atoms with Crippen molar-refractivity contribution in [3.8, 4) is 0 Å². The van der Waals surface area contributed by atoms with Crippen LogP contribution in [0.5, 0.6) is 0 Å². The minimum atomic E-state index is -1.40. The lowest BCUT2D eigenvalue weighted by molar-refractivity contribution is -0.142. The first-order chi connectivity index (χ1) is 15.2. The zero-order valence-corrected chi connectivity index (χ0v) is 19.6. The van der Waals surface area contributed by atoms with E-state index in [0.717, 1.165) is 32.9 Å². The van der Waals surface area contributed by atoms with Gasteiger partial charge in [0, 0.05) is 10.2 Å². The predicted molar refractivity (Wildman–Crippen MR) is 116 cm³/mol. The lowest BCUT2D eigenvalue weighted by atomic mass is 9.76. The minimum absolute atomic E-state index is 0.190. The van der Waals surface area contributed by atoms with Crippen LogP contribution in [0.25, 0.3) is 6.08 Å². The standard InChI is InChI=1S/C22H20BrNO8/c1-22-9-8-11-10-12(23)6-7-13(11)24(22)17(21(28)32-5)15(19(26)30-3)14(18(25)29-2)16(22)20(27)31-4/h6-10H,1-5H3. The second-order valence-corrected chi connectivity index (χ2v) is 7.88. The minimum Gasteiger partial charge on any atom is -0.466 e. The van der Waals surface area contributed by atoms with Crippen LogP contribution in [0.4, 0.5) is 5.69 Å². The molecule has 32 heavy (non-hydrogen) atoms. The van der Waals surface area contributed by atoms with Crippen LogP contribution < -0.4 is 4.90 Å². The number of rotatable bonds is 4. The van der Waals surface area contributed by atoms with Gasteiger partial charge in [0.1, 0.15) is 11.3 Å². The van der Waals surface area contributed by atoms with Crippen molar-refractivity contribution in [2.45, 2.75) is 12.5 Å². The van der Waals surface area contributed by atoms with Crippen molar-refractivity contribution in [3.63, 3.8) is 0 Å².